The monoisotopic (exact) mass is 318 g/mol. The fraction of sp³-hybridized carbons (Fsp3) is 0.545. The summed E-state index contributed by atoms with van der Waals surface area (Å²) < 4.78 is 24.3. The Morgan fingerprint density at radius 2 is 2.00 bits per heavy atom. The van der Waals surface area contributed by atoms with E-state index in [9.17, 15) is 13.2 Å². The number of hydrogen-bond donors (Lipinski definition) is 2. The SMILES string of the molecule is CS(=O)(=O)N1CCN(Cc2ccc(C(=O)NN)s2)CC1. The average Bonchev–Trinajstić information content (AvgIpc) is 2.86. The van der Waals surface area contributed by atoms with E-state index in [0.29, 0.717) is 31.1 Å². The van der Waals surface area contributed by atoms with Crippen LogP contribution in [0.5, 0.6) is 0 Å². The highest BCUT2D eigenvalue weighted by Crippen LogP contribution is 2.19. The number of nitrogens with zero attached hydrogens (tertiary/aromatic N) is 2. The quantitative estimate of drug-likeness (QED) is 0.440. The molecule has 112 valence electrons. The second-order valence-corrected chi connectivity index (χ2v) is 7.83. The maximum Gasteiger partial charge on any atom is 0.275 e. The molecular formula is C11H18N4O3S2. The zero-order chi connectivity index (χ0) is 14.8. The van der Waals surface area contributed by atoms with Gasteiger partial charge in [-0.25, -0.2) is 14.3 Å². The van der Waals surface area contributed by atoms with E-state index in [1.165, 1.54) is 21.9 Å². The maximum atomic E-state index is 11.4. The molecule has 0 unspecified atom stereocenters. The van der Waals surface area contributed by atoms with E-state index in [1.54, 1.807) is 6.07 Å². The Kier molecular flexibility index (Phi) is 4.76. The molecule has 0 spiro atoms. The molecule has 20 heavy (non-hydrogen) atoms. The number of rotatable bonds is 4. The van der Waals surface area contributed by atoms with Crippen LogP contribution in [0.25, 0.3) is 0 Å². The van der Waals surface area contributed by atoms with Gasteiger partial charge >= 0.3 is 0 Å². The van der Waals surface area contributed by atoms with Crippen LogP contribution in [0, 0.1) is 0 Å². The van der Waals surface area contributed by atoms with Gasteiger partial charge in [0.15, 0.2) is 0 Å². The fourth-order valence-corrected chi connectivity index (χ4v) is 3.88. The first kappa shape index (κ1) is 15.4. The van der Waals surface area contributed by atoms with Gasteiger partial charge in [0.25, 0.3) is 5.91 Å². The van der Waals surface area contributed by atoms with E-state index in [4.69, 9.17) is 5.84 Å². The summed E-state index contributed by atoms with van der Waals surface area (Å²) in [6.07, 6.45) is 1.24. The van der Waals surface area contributed by atoms with Crippen LogP contribution in [-0.2, 0) is 16.6 Å². The highest BCUT2D eigenvalue weighted by atomic mass is 32.2. The van der Waals surface area contributed by atoms with Crippen molar-refractivity contribution in [3.8, 4) is 0 Å². The van der Waals surface area contributed by atoms with Gasteiger partial charge in [-0.15, -0.1) is 11.3 Å². The number of carbonyl (C=O) groups is 1. The number of hydrogen-bond acceptors (Lipinski definition) is 6. The zero-order valence-corrected chi connectivity index (χ0v) is 12.8. The minimum atomic E-state index is -3.09. The standard InChI is InChI=1S/C11H18N4O3S2/c1-20(17,18)15-6-4-14(5-7-15)8-9-2-3-10(19-9)11(16)13-12/h2-3H,4-8,12H2,1H3,(H,13,16). The molecule has 0 radical (unpaired) electrons. The second kappa shape index (κ2) is 6.19. The number of nitrogens with one attached hydrogen (secondary N) is 1. The second-order valence-electron chi connectivity index (χ2n) is 4.68. The molecule has 9 heteroatoms. The summed E-state index contributed by atoms with van der Waals surface area (Å²) in [6, 6.07) is 3.65. The number of amides is 1. The number of sulfonamides is 1. The van der Waals surface area contributed by atoms with Gasteiger partial charge in [0.1, 0.15) is 0 Å². The predicted octanol–water partition coefficient (Wildman–Crippen LogP) is -0.571. The molecule has 1 aromatic heterocycles. The van der Waals surface area contributed by atoms with Crippen molar-refractivity contribution in [2.24, 2.45) is 5.84 Å². The lowest BCUT2D eigenvalue weighted by Gasteiger charge is -2.32. The van der Waals surface area contributed by atoms with Crippen molar-refractivity contribution in [1.29, 1.82) is 0 Å². The van der Waals surface area contributed by atoms with Crippen molar-refractivity contribution in [1.82, 2.24) is 14.6 Å². The minimum Gasteiger partial charge on any atom is -0.296 e. The van der Waals surface area contributed by atoms with Crippen molar-refractivity contribution in [3.63, 3.8) is 0 Å². The zero-order valence-electron chi connectivity index (χ0n) is 11.2. The van der Waals surface area contributed by atoms with Crippen molar-refractivity contribution in [2.75, 3.05) is 32.4 Å². The first-order valence-electron chi connectivity index (χ1n) is 6.17. The molecule has 1 fully saturated rings. The third kappa shape index (κ3) is 3.76. The molecule has 1 aromatic rings. The lowest BCUT2D eigenvalue weighted by atomic mass is 10.3. The summed E-state index contributed by atoms with van der Waals surface area (Å²) in [6.45, 7) is 3.15. The van der Waals surface area contributed by atoms with Gasteiger partial charge in [-0.05, 0) is 12.1 Å². The molecule has 0 aliphatic carbocycles. The van der Waals surface area contributed by atoms with Crippen LogP contribution in [-0.4, -0.2) is 56.0 Å². The van der Waals surface area contributed by atoms with Gasteiger partial charge < -0.3 is 0 Å². The Balaban J connectivity index is 1.90. The molecule has 1 amide bonds. The number of hydrazine groups is 1. The molecule has 7 nitrogen and oxygen atoms in total. The topological polar surface area (TPSA) is 95.7 Å². The van der Waals surface area contributed by atoms with Crippen molar-refractivity contribution in [2.45, 2.75) is 6.54 Å². The Morgan fingerprint density at radius 3 is 2.55 bits per heavy atom. The molecule has 2 rings (SSSR count). The third-order valence-electron chi connectivity index (χ3n) is 3.20. The van der Waals surface area contributed by atoms with Gasteiger partial charge in [0.05, 0.1) is 11.1 Å². The summed E-state index contributed by atoms with van der Waals surface area (Å²) in [5.41, 5.74) is 2.11. The average molecular weight is 318 g/mol. The van der Waals surface area contributed by atoms with Crippen LogP contribution in [0.3, 0.4) is 0 Å². The van der Waals surface area contributed by atoms with Gasteiger partial charge in [0.2, 0.25) is 10.0 Å². The van der Waals surface area contributed by atoms with Crippen LogP contribution in [0.15, 0.2) is 12.1 Å². The number of thiophene rings is 1. The van der Waals surface area contributed by atoms with E-state index in [-0.39, 0.29) is 5.91 Å². The summed E-state index contributed by atoms with van der Waals surface area (Å²) in [7, 11) is -3.09. The first-order chi connectivity index (χ1) is 9.40. The molecule has 0 atom stereocenters. The summed E-state index contributed by atoms with van der Waals surface area (Å²) >= 11 is 1.40. The molecule has 3 N–H and O–H groups in total. The normalized spacial score (nSPS) is 18.1. The molecule has 1 aliphatic rings. The highest BCUT2D eigenvalue weighted by molar-refractivity contribution is 7.88. The number of carbonyl (C=O) groups excluding carboxylic acids is 1. The summed E-state index contributed by atoms with van der Waals surface area (Å²) in [5.74, 6) is 4.80. The first-order valence-corrected chi connectivity index (χ1v) is 8.84. The number of nitrogens with two attached hydrogens (primary N) is 1. The van der Waals surface area contributed by atoms with Crippen LogP contribution in [0.1, 0.15) is 14.5 Å². The third-order valence-corrected chi connectivity index (χ3v) is 5.57. The predicted molar refractivity (Wildman–Crippen MR) is 77.7 cm³/mol. The smallest absolute Gasteiger partial charge is 0.275 e. The Morgan fingerprint density at radius 1 is 1.35 bits per heavy atom. The molecule has 1 saturated heterocycles. The molecule has 1 aliphatic heterocycles. The van der Waals surface area contributed by atoms with Crippen molar-refractivity contribution in [3.05, 3.63) is 21.9 Å². The molecule has 0 aromatic carbocycles. The number of piperazine rings is 1. The minimum absolute atomic E-state index is 0.289. The van der Waals surface area contributed by atoms with Crippen molar-refractivity contribution >= 4 is 27.3 Å². The van der Waals surface area contributed by atoms with Crippen LogP contribution >= 0.6 is 11.3 Å². The molecule has 0 bridgehead atoms. The van der Waals surface area contributed by atoms with E-state index in [1.807, 2.05) is 6.07 Å². The Labute approximate surface area is 122 Å². The van der Waals surface area contributed by atoms with E-state index in [2.05, 4.69) is 10.3 Å². The van der Waals surface area contributed by atoms with Crippen LogP contribution in [0.4, 0.5) is 0 Å². The lowest BCUT2D eigenvalue weighted by molar-refractivity contribution is 0.0957. The lowest BCUT2D eigenvalue weighted by Crippen LogP contribution is -2.47. The summed E-state index contributed by atoms with van der Waals surface area (Å²) in [4.78, 5) is 15.2. The Bertz CT molecular complexity index is 576. The van der Waals surface area contributed by atoms with Gasteiger partial charge in [-0.1, -0.05) is 0 Å². The summed E-state index contributed by atoms with van der Waals surface area (Å²) in [5, 5.41) is 0. The fourth-order valence-electron chi connectivity index (χ4n) is 2.10. The van der Waals surface area contributed by atoms with Gasteiger partial charge in [-0.3, -0.25) is 15.1 Å². The Hall–Kier alpha value is -1.00. The maximum absolute atomic E-state index is 11.4. The molecule has 0 saturated carbocycles. The highest BCUT2D eigenvalue weighted by Gasteiger charge is 2.23. The van der Waals surface area contributed by atoms with E-state index < -0.39 is 10.0 Å². The number of nitrogen functional groups attached to an aromatic ring is 1. The van der Waals surface area contributed by atoms with E-state index in [0.717, 1.165) is 11.4 Å². The van der Waals surface area contributed by atoms with Crippen LogP contribution < -0.4 is 11.3 Å². The van der Waals surface area contributed by atoms with Crippen LogP contribution in [0.2, 0.25) is 0 Å². The molecule has 2 heterocycles. The van der Waals surface area contributed by atoms with Crippen molar-refractivity contribution < 1.29 is 13.2 Å². The largest absolute Gasteiger partial charge is 0.296 e. The molecular weight excluding hydrogens is 300 g/mol. The van der Waals surface area contributed by atoms with E-state index >= 15 is 0 Å². The van der Waals surface area contributed by atoms with Gasteiger partial charge in [0, 0.05) is 37.6 Å². The van der Waals surface area contributed by atoms with Gasteiger partial charge in [-0.2, -0.15) is 4.31 Å².